The Bertz CT molecular complexity index is 1410. The number of carbonyl (C=O) groups excluding carboxylic acids is 1. The van der Waals surface area contributed by atoms with Crippen LogP contribution in [0.5, 0.6) is 0 Å². The minimum Gasteiger partial charge on any atom is -0.323 e. The van der Waals surface area contributed by atoms with Crippen molar-refractivity contribution in [3.63, 3.8) is 0 Å². The fraction of sp³-hybridized carbons (Fsp3) is 0.0870. The highest BCUT2D eigenvalue weighted by Crippen LogP contribution is 2.24. The van der Waals surface area contributed by atoms with Crippen LogP contribution in [0.1, 0.15) is 5.56 Å². The summed E-state index contributed by atoms with van der Waals surface area (Å²) in [6.45, 7) is 1.62. The smallest absolute Gasteiger partial charge is 0.266 e. The van der Waals surface area contributed by atoms with Crippen LogP contribution >= 0.6 is 23.4 Å². The molecule has 1 N–H and O–H groups in total. The summed E-state index contributed by atoms with van der Waals surface area (Å²) in [4.78, 5) is 30.1. The van der Waals surface area contributed by atoms with Gasteiger partial charge in [-0.15, -0.1) is 0 Å². The molecular weight excluding hydrogens is 456 g/mol. The molecule has 0 radical (unpaired) electrons. The number of benzene rings is 3. The zero-order valence-corrected chi connectivity index (χ0v) is 18.3. The molecule has 1 amide bonds. The molecule has 0 aliphatic rings. The van der Waals surface area contributed by atoms with Crippen LogP contribution in [0.2, 0.25) is 5.02 Å². The third kappa shape index (κ3) is 4.51. The van der Waals surface area contributed by atoms with E-state index in [1.807, 2.05) is 0 Å². The van der Waals surface area contributed by atoms with Crippen molar-refractivity contribution < 1.29 is 13.6 Å². The molecule has 4 aromatic rings. The Kier molecular flexibility index (Phi) is 6.25. The number of nitrogens with one attached hydrogen (secondary N) is 1. The van der Waals surface area contributed by atoms with Crippen molar-refractivity contribution in [2.24, 2.45) is 0 Å². The van der Waals surface area contributed by atoms with E-state index in [0.717, 1.165) is 17.8 Å². The van der Waals surface area contributed by atoms with Crippen molar-refractivity contribution in [2.45, 2.75) is 12.1 Å². The largest absolute Gasteiger partial charge is 0.323 e. The minimum absolute atomic E-state index is 0.0485. The van der Waals surface area contributed by atoms with Crippen molar-refractivity contribution in [3.05, 3.63) is 93.2 Å². The van der Waals surface area contributed by atoms with Gasteiger partial charge in [-0.1, -0.05) is 41.6 Å². The number of rotatable bonds is 5. The maximum Gasteiger partial charge on any atom is 0.266 e. The lowest BCUT2D eigenvalue weighted by Crippen LogP contribution is -2.23. The molecule has 1 heterocycles. The Morgan fingerprint density at radius 1 is 1.09 bits per heavy atom. The number of carbonyl (C=O) groups is 1. The normalized spacial score (nSPS) is 11.0. The molecule has 3 aromatic carbocycles. The number of nitrogens with zero attached hydrogens (tertiary/aromatic N) is 2. The van der Waals surface area contributed by atoms with Crippen LogP contribution in [0.15, 0.2) is 70.6 Å². The van der Waals surface area contributed by atoms with Gasteiger partial charge in [-0.2, -0.15) is 0 Å². The first-order valence-electron chi connectivity index (χ1n) is 9.49. The monoisotopic (exact) mass is 471 g/mol. The average molecular weight is 472 g/mol. The second kappa shape index (κ2) is 9.10. The number of aryl methyl sites for hydroxylation is 1. The van der Waals surface area contributed by atoms with E-state index in [-0.39, 0.29) is 27.2 Å². The summed E-state index contributed by atoms with van der Waals surface area (Å²) < 4.78 is 29.4. The van der Waals surface area contributed by atoms with E-state index in [9.17, 15) is 18.4 Å². The van der Waals surface area contributed by atoms with Crippen LogP contribution in [-0.4, -0.2) is 21.2 Å². The van der Waals surface area contributed by atoms with Gasteiger partial charge in [0.1, 0.15) is 11.6 Å². The lowest BCUT2D eigenvalue weighted by molar-refractivity contribution is -0.113. The van der Waals surface area contributed by atoms with Gasteiger partial charge in [0.15, 0.2) is 5.16 Å². The summed E-state index contributed by atoms with van der Waals surface area (Å²) in [5.41, 5.74) is 0.744. The quantitative estimate of drug-likeness (QED) is 0.314. The Morgan fingerprint density at radius 3 is 2.66 bits per heavy atom. The summed E-state index contributed by atoms with van der Waals surface area (Å²) in [5.74, 6) is -1.76. The Balaban J connectivity index is 1.69. The zero-order chi connectivity index (χ0) is 22.8. The molecular formula is C23H16ClF2N3O2S. The number of anilines is 1. The molecule has 32 heavy (non-hydrogen) atoms. The van der Waals surface area contributed by atoms with E-state index in [2.05, 4.69) is 10.3 Å². The van der Waals surface area contributed by atoms with Crippen LogP contribution in [0.25, 0.3) is 16.6 Å². The van der Waals surface area contributed by atoms with Gasteiger partial charge in [0.2, 0.25) is 5.91 Å². The molecule has 0 unspecified atom stereocenters. The van der Waals surface area contributed by atoms with Crippen LogP contribution in [-0.2, 0) is 4.79 Å². The predicted molar refractivity (Wildman–Crippen MR) is 123 cm³/mol. The number of fused-ring (bicyclic) bond motifs is 1. The third-order valence-electron chi connectivity index (χ3n) is 4.69. The van der Waals surface area contributed by atoms with Crippen LogP contribution in [0.4, 0.5) is 14.5 Å². The first-order chi connectivity index (χ1) is 15.3. The molecule has 5 nitrogen and oxygen atoms in total. The molecule has 1 aromatic heterocycles. The standard InChI is InChI=1S/C23H16ClF2N3O2S/c1-13-6-8-15(11-18(13)26)29-22(31)16-4-2-3-5-19(16)28-23(29)32-12-21(30)27-20-10-14(24)7-9-17(20)25/h2-11H,12H2,1H3,(H,27,30). The molecule has 0 aliphatic heterocycles. The molecule has 9 heteroatoms. The molecule has 0 atom stereocenters. The van der Waals surface area contributed by atoms with Crippen molar-refractivity contribution in [1.29, 1.82) is 0 Å². The van der Waals surface area contributed by atoms with E-state index in [1.165, 1.54) is 22.8 Å². The van der Waals surface area contributed by atoms with E-state index in [0.29, 0.717) is 22.2 Å². The highest BCUT2D eigenvalue weighted by Gasteiger charge is 2.16. The van der Waals surface area contributed by atoms with Gasteiger partial charge < -0.3 is 5.32 Å². The first kappa shape index (κ1) is 22.0. The molecule has 4 rings (SSSR count). The molecule has 162 valence electrons. The lowest BCUT2D eigenvalue weighted by atomic mass is 10.2. The van der Waals surface area contributed by atoms with Gasteiger partial charge in [0.05, 0.1) is 28.0 Å². The number of para-hydroxylation sites is 1. The topological polar surface area (TPSA) is 64.0 Å². The van der Waals surface area contributed by atoms with Crippen LogP contribution in [0.3, 0.4) is 0 Å². The van der Waals surface area contributed by atoms with Gasteiger partial charge in [-0.05, 0) is 55.0 Å². The SMILES string of the molecule is Cc1ccc(-n2c(SCC(=O)Nc3cc(Cl)ccc3F)nc3ccccc3c2=O)cc1F. The Labute approximate surface area is 191 Å². The lowest BCUT2D eigenvalue weighted by Gasteiger charge is -2.14. The molecule has 0 saturated heterocycles. The number of hydrogen-bond donors (Lipinski definition) is 1. The highest BCUT2D eigenvalue weighted by molar-refractivity contribution is 7.99. The molecule has 0 bridgehead atoms. The van der Waals surface area contributed by atoms with E-state index in [4.69, 9.17) is 11.6 Å². The van der Waals surface area contributed by atoms with E-state index >= 15 is 0 Å². The summed E-state index contributed by atoms with van der Waals surface area (Å²) in [6, 6.07) is 15.0. The number of thioether (sulfide) groups is 1. The van der Waals surface area contributed by atoms with Gasteiger partial charge >= 0.3 is 0 Å². The van der Waals surface area contributed by atoms with Crippen molar-refractivity contribution in [3.8, 4) is 5.69 Å². The first-order valence-corrected chi connectivity index (χ1v) is 10.9. The fourth-order valence-electron chi connectivity index (χ4n) is 3.07. The van der Waals surface area contributed by atoms with Crippen molar-refractivity contribution in [1.82, 2.24) is 9.55 Å². The zero-order valence-electron chi connectivity index (χ0n) is 16.7. The van der Waals surface area contributed by atoms with Crippen molar-refractivity contribution in [2.75, 3.05) is 11.1 Å². The van der Waals surface area contributed by atoms with Gasteiger partial charge in [0, 0.05) is 5.02 Å². The maximum absolute atomic E-state index is 14.2. The Hall–Kier alpha value is -3.23. The summed E-state index contributed by atoms with van der Waals surface area (Å²) in [7, 11) is 0. The van der Waals surface area contributed by atoms with Crippen LogP contribution in [0, 0.1) is 18.6 Å². The number of hydrogen-bond acceptors (Lipinski definition) is 4. The summed E-state index contributed by atoms with van der Waals surface area (Å²) in [6.07, 6.45) is 0. The van der Waals surface area contributed by atoms with Crippen LogP contribution < -0.4 is 10.9 Å². The molecule has 0 fully saturated rings. The molecule has 0 aliphatic carbocycles. The predicted octanol–water partition coefficient (Wildman–Crippen LogP) is 5.36. The average Bonchev–Trinajstić information content (AvgIpc) is 2.77. The van der Waals surface area contributed by atoms with E-state index < -0.39 is 17.5 Å². The second-order valence-corrected chi connectivity index (χ2v) is 8.33. The molecule has 0 spiro atoms. The number of aromatic nitrogens is 2. The van der Waals surface area contributed by atoms with Gasteiger partial charge in [-0.25, -0.2) is 13.8 Å². The summed E-state index contributed by atoms with van der Waals surface area (Å²) >= 11 is 6.84. The summed E-state index contributed by atoms with van der Waals surface area (Å²) in [5, 5.41) is 3.30. The van der Waals surface area contributed by atoms with Crippen molar-refractivity contribution >= 4 is 45.9 Å². The fourth-order valence-corrected chi connectivity index (χ4v) is 4.05. The number of halogens is 3. The maximum atomic E-state index is 14.2. The minimum atomic E-state index is -0.622. The van der Waals surface area contributed by atoms with Gasteiger partial charge in [0.25, 0.3) is 5.56 Å². The molecule has 0 saturated carbocycles. The van der Waals surface area contributed by atoms with Gasteiger partial charge in [-0.3, -0.25) is 14.2 Å². The third-order valence-corrected chi connectivity index (χ3v) is 5.87. The Morgan fingerprint density at radius 2 is 1.88 bits per heavy atom. The number of amides is 1. The second-order valence-electron chi connectivity index (χ2n) is 6.95. The highest BCUT2D eigenvalue weighted by atomic mass is 35.5. The van der Waals surface area contributed by atoms with E-state index in [1.54, 1.807) is 43.3 Å².